The van der Waals surface area contributed by atoms with Gasteiger partial charge in [0.15, 0.2) is 0 Å². The van der Waals surface area contributed by atoms with Gasteiger partial charge in [-0.15, -0.1) is 0 Å². The molecule has 0 fully saturated rings. The summed E-state index contributed by atoms with van der Waals surface area (Å²) in [4.78, 5) is 4.31. The minimum atomic E-state index is 0.902. The quantitative estimate of drug-likeness (QED) is 0.435. The SMILES string of the molecule is Cc1ccc(C=NCCCBr)cc1. The number of alkyl halides is 1. The molecule has 70 valence electrons. The van der Waals surface area contributed by atoms with Crippen molar-refractivity contribution in [1.82, 2.24) is 0 Å². The standard InChI is InChI=1S/C11H14BrN/c1-10-3-5-11(6-4-10)9-13-8-2-7-12/h3-6,9H,2,7-8H2,1H3. The topological polar surface area (TPSA) is 12.4 Å². The van der Waals surface area contributed by atoms with Crippen molar-refractivity contribution in [2.75, 3.05) is 11.9 Å². The van der Waals surface area contributed by atoms with Crippen LogP contribution in [0.1, 0.15) is 17.5 Å². The first-order valence-electron chi connectivity index (χ1n) is 4.45. The highest BCUT2D eigenvalue weighted by Crippen LogP contribution is 2.00. The number of benzene rings is 1. The van der Waals surface area contributed by atoms with Crippen molar-refractivity contribution in [2.45, 2.75) is 13.3 Å². The van der Waals surface area contributed by atoms with Crippen LogP contribution in [0.25, 0.3) is 0 Å². The highest BCUT2D eigenvalue weighted by molar-refractivity contribution is 9.09. The summed E-state index contributed by atoms with van der Waals surface area (Å²) in [7, 11) is 0. The molecule has 0 atom stereocenters. The molecule has 1 rings (SSSR count). The van der Waals surface area contributed by atoms with Gasteiger partial charge >= 0.3 is 0 Å². The maximum absolute atomic E-state index is 4.31. The molecule has 0 aliphatic carbocycles. The second kappa shape index (κ2) is 5.92. The molecule has 0 N–H and O–H groups in total. The Morgan fingerprint density at radius 3 is 2.62 bits per heavy atom. The lowest BCUT2D eigenvalue weighted by Gasteiger charge is -1.94. The molecular formula is C11H14BrN. The zero-order valence-electron chi connectivity index (χ0n) is 7.83. The average Bonchev–Trinajstić information content (AvgIpc) is 2.15. The Kier molecular flexibility index (Phi) is 4.76. The van der Waals surface area contributed by atoms with Crippen LogP contribution in [0.5, 0.6) is 0 Å². The van der Waals surface area contributed by atoms with E-state index in [4.69, 9.17) is 0 Å². The van der Waals surface area contributed by atoms with E-state index >= 15 is 0 Å². The van der Waals surface area contributed by atoms with Gasteiger partial charge in [0, 0.05) is 18.1 Å². The summed E-state index contributed by atoms with van der Waals surface area (Å²) in [6, 6.07) is 8.39. The van der Waals surface area contributed by atoms with Gasteiger partial charge in [-0.25, -0.2) is 0 Å². The first-order chi connectivity index (χ1) is 6.33. The van der Waals surface area contributed by atoms with E-state index in [0.29, 0.717) is 0 Å². The fourth-order valence-corrected chi connectivity index (χ4v) is 1.22. The lowest BCUT2D eigenvalue weighted by molar-refractivity contribution is 0.954. The van der Waals surface area contributed by atoms with E-state index in [0.717, 1.165) is 18.3 Å². The minimum Gasteiger partial charge on any atom is -0.293 e. The van der Waals surface area contributed by atoms with Gasteiger partial charge in [0.1, 0.15) is 0 Å². The largest absolute Gasteiger partial charge is 0.293 e. The normalized spacial score (nSPS) is 10.9. The summed E-state index contributed by atoms with van der Waals surface area (Å²) in [5.41, 5.74) is 2.47. The molecule has 0 spiro atoms. The molecule has 1 nitrogen and oxygen atoms in total. The van der Waals surface area contributed by atoms with E-state index < -0.39 is 0 Å². The van der Waals surface area contributed by atoms with Crippen molar-refractivity contribution in [3.8, 4) is 0 Å². The third kappa shape index (κ3) is 4.23. The molecule has 0 amide bonds. The van der Waals surface area contributed by atoms with E-state index in [1.807, 2.05) is 6.21 Å². The maximum atomic E-state index is 4.31. The smallest absolute Gasteiger partial charge is 0.0397 e. The fraction of sp³-hybridized carbons (Fsp3) is 0.364. The van der Waals surface area contributed by atoms with Gasteiger partial charge in [-0.1, -0.05) is 45.8 Å². The van der Waals surface area contributed by atoms with Crippen molar-refractivity contribution >= 4 is 22.1 Å². The molecule has 0 saturated heterocycles. The zero-order valence-corrected chi connectivity index (χ0v) is 9.42. The summed E-state index contributed by atoms with van der Waals surface area (Å²) < 4.78 is 0. The van der Waals surface area contributed by atoms with Crippen molar-refractivity contribution in [1.29, 1.82) is 0 Å². The van der Waals surface area contributed by atoms with Crippen LogP contribution in [0.3, 0.4) is 0 Å². The second-order valence-corrected chi connectivity index (χ2v) is 3.78. The number of hydrogen-bond acceptors (Lipinski definition) is 1. The Morgan fingerprint density at radius 1 is 1.31 bits per heavy atom. The van der Waals surface area contributed by atoms with Crippen LogP contribution in [-0.2, 0) is 0 Å². The lowest BCUT2D eigenvalue weighted by Crippen LogP contribution is -1.85. The molecule has 1 aromatic rings. The van der Waals surface area contributed by atoms with Crippen LogP contribution in [0.2, 0.25) is 0 Å². The Morgan fingerprint density at radius 2 is 2.00 bits per heavy atom. The lowest BCUT2D eigenvalue weighted by atomic mass is 10.2. The first-order valence-corrected chi connectivity index (χ1v) is 5.57. The first kappa shape index (κ1) is 10.5. The molecule has 0 heterocycles. The number of hydrogen-bond donors (Lipinski definition) is 0. The van der Waals surface area contributed by atoms with Gasteiger partial charge in [0.05, 0.1) is 0 Å². The highest BCUT2D eigenvalue weighted by atomic mass is 79.9. The molecule has 0 aliphatic heterocycles. The zero-order chi connectivity index (χ0) is 9.52. The van der Waals surface area contributed by atoms with Crippen LogP contribution in [0.15, 0.2) is 29.3 Å². The molecule has 0 radical (unpaired) electrons. The Labute approximate surface area is 88.0 Å². The predicted molar refractivity (Wildman–Crippen MR) is 62.1 cm³/mol. The van der Waals surface area contributed by atoms with Crippen LogP contribution >= 0.6 is 15.9 Å². The van der Waals surface area contributed by atoms with Gasteiger partial charge < -0.3 is 0 Å². The van der Waals surface area contributed by atoms with E-state index in [2.05, 4.69) is 52.1 Å². The minimum absolute atomic E-state index is 0.902. The average molecular weight is 240 g/mol. The van der Waals surface area contributed by atoms with E-state index in [9.17, 15) is 0 Å². The summed E-state index contributed by atoms with van der Waals surface area (Å²) >= 11 is 3.37. The van der Waals surface area contributed by atoms with Gasteiger partial charge in [-0.05, 0) is 18.9 Å². The van der Waals surface area contributed by atoms with Crippen molar-refractivity contribution in [2.24, 2.45) is 4.99 Å². The predicted octanol–water partition coefficient (Wildman–Crippen LogP) is 3.20. The monoisotopic (exact) mass is 239 g/mol. The van der Waals surface area contributed by atoms with Gasteiger partial charge in [0.25, 0.3) is 0 Å². The Hall–Kier alpha value is -0.630. The molecule has 0 unspecified atom stereocenters. The van der Waals surface area contributed by atoms with E-state index in [1.165, 1.54) is 11.1 Å². The molecule has 0 aliphatic rings. The number of halogens is 1. The molecule has 0 bridgehead atoms. The maximum Gasteiger partial charge on any atom is 0.0397 e. The molecular weight excluding hydrogens is 226 g/mol. The number of rotatable bonds is 4. The number of nitrogens with zero attached hydrogens (tertiary/aromatic N) is 1. The Bertz CT molecular complexity index is 264. The van der Waals surface area contributed by atoms with E-state index in [1.54, 1.807) is 0 Å². The summed E-state index contributed by atoms with van der Waals surface area (Å²) in [5, 5.41) is 1.03. The second-order valence-electron chi connectivity index (χ2n) is 2.99. The third-order valence-corrected chi connectivity index (χ3v) is 2.30. The van der Waals surface area contributed by atoms with Crippen molar-refractivity contribution in [3.63, 3.8) is 0 Å². The summed E-state index contributed by atoms with van der Waals surface area (Å²) in [6.45, 7) is 2.99. The Balaban J connectivity index is 2.44. The highest BCUT2D eigenvalue weighted by Gasteiger charge is 1.86. The number of aryl methyl sites for hydroxylation is 1. The fourth-order valence-electron chi connectivity index (χ4n) is 0.974. The van der Waals surface area contributed by atoms with Crippen molar-refractivity contribution in [3.05, 3.63) is 35.4 Å². The van der Waals surface area contributed by atoms with Crippen LogP contribution in [-0.4, -0.2) is 18.1 Å². The third-order valence-electron chi connectivity index (χ3n) is 1.74. The van der Waals surface area contributed by atoms with E-state index in [-0.39, 0.29) is 0 Å². The van der Waals surface area contributed by atoms with Crippen LogP contribution in [0.4, 0.5) is 0 Å². The van der Waals surface area contributed by atoms with Gasteiger partial charge in [0.2, 0.25) is 0 Å². The summed E-state index contributed by atoms with van der Waals surface area (Å²) in [5.74, 6) is 0. The van der Waals surface area contributed by atoms with Gasteiger partial charge in [-0.2, -0.15) is 0 Å². The molecule has 0 saturated carbocycles. The molecule has 13 heavy (non-hydrogen) atoms. The van der Waals surface area contributed by atoms with Crippen LogP contribution in [0, 0.1) is 6.92 Å². The summed E-state index contributed by atoms with van der Waals surface area (Å²) in [6.07, 6.45) is 3.03. The van der Waals surface area contributed by atoms with Crippen LogP contribution < -0.4 is 0 Å². The molecule has 0 aromatic heterocycles. The molecule has 1 aromatic carbocycles. The van der Waals surface area contributed by atoms with Crippen molar-refractivity contribution < 1.29 is 0 Å². The molecule has 2 heteroatoms. The van der Waals surface area contributed by atoms with Gasteiger partial charge in [-0.3, -0.25) is 4.99 Å². The number of aliphatic imine (C=N–C) groups is 1.